The zero-order valence-electron chi connectivity index (χ0n) is 12.9. The smallest absolute Gasteiger partial charge is 0.242 e. The first-order chi connectivity index (χ1) is 10.9. The number of hydrogen-bond acceptors (Lipinski definition) is 4. The van der Waals surface area contributed by atoms with Gasteiger partial charge in [0.05, 0.1) is 9.37 Å². The Morgan fingerprint density at radius 2 is 1.57 bits per heavy atom. The van der Waals surface area contributed by atoms with Crippen molar-refractivity contribution in [1.29, 1.82) is 0 Å². The highest BCUT2D eigenvalue weighted by atomic mass is 79.9. The third-order valence-corrected chi connectivity index (χ3v) is 5.53. The topological polar surface area (TPSA) is 55.8 Å². The van der Waals surface area contributed by atoms with Crippen LogP contribution in [0.15, 0.2) is 57.9 Å². The van der Waals surface area contributed by atoms with Crippen LogP contribution in [0.3, 0.4) is 0 Å². The minimum absolute atomic E-state index is 0.235. The minimum atomic E-state index is -3.41. The molecule has 0 saturated heterocycles. The molecule has 0 heterocycles. The van der Waals surface area contributed by atoms with Crippen molar-refractivity contribution in [2.24, 2.45) is 0 Å². The van der Waals surface area contributed by atoms with E-state index >= 15 is 0 Å². The fraction of sp³-hybridized carbons (Fsp3) is 0.250. The van der Waals surface area contributed by atoms with Gasteiger partial charge in [-0.1, -0.05) is 12.1 Å². The fourth-order valence-electron chi connectivity index (χ4n) is 1.79. The van der Waals surface area contributed by atoms with Crippen LogP contribution < -0.4 is 9.47 Å². The van der Waals surface area contributed by atoms with Gasteiger partial charge in [-0.2, -0.15) is 0 Å². The van der Waals surface area contributed by atoms with E-state index in [1.54, 1.807) is 12.1 Å². The van der Waals surface area contributed by atoms with Crippen molar-refractivity contribution in [2.45, 2.75) is 4.90 Å². The average Bonchev–Trinajstić information content (AvgIpc) is 2.53. The van der Waals surface area contributed by atoms with E-state index < -0.39 is 10.0 Å². The van der Waals surface area contributed by atoms with E-state index in [9.17, 15) is 8.42 Å². The van der Waals surface area contributed by atoms with Gasteiger partial charge in [0, 0.05) is 14.1 Å². The lowest BCUT2D eigenvalue weighted by Gasteiger charge is -2.12. The monoisotopic (exact) mass is 399 g/mol. The number of hydrogen-bond donors (Lipinski definition) is 0. The van der Waals surface area contributed by atoms with Gasteiger partial charge in [0.25, 0.3) is 0 Å². The Morgan fingerprint density at radius 3 is 2.17 bits per heavy atom. The molecule has 0 spiro atoms. The van der Waals surface area contributed by atoms with Gasteiger partial charge in [0.1, 0.15) is 24.7 Å². The second-order valence-corrected chi connectivity index (χ2v) is 7.89. The van der Waals surface area contributed by atoms with Crippen molar-refractivity contribution >= 4 is 26.0 Å². The second-order valence-electron chi connectivity index (χ2n) is 4.89. The van der Waals surface area contributed by atoms with Crippen molar-refractivity contribution in [2.75, 3.05) is 27.3 Å². The molecule has 2 aromatic rings. The lowest BCUT2D eigenvalue weighted by Crippen LogP contribution is -2.22. The standard InChI is InChI=1S/C16H18BrNO4S/c1-18(2)23(19,20)14-9-7-13(8-10-14)21-11-12-22-16-6-4-3-5-15(16)17/h3-10H,11-12H2,1-2H3. The Hall–Kier alpha value is -1.57. The molecule has 0 unspecified atom stereocenters. The van der Waals surface area contributed by atoms with Crippen LogP contribution in [0, 0.1) is 0 Å². The highest BCUT2D eigenvalue weighted by molar-refractivity contribution is 9.10. The molecule has 0 bridgehead atoms. The predicted molar refractivity (Wildman–Crippen MR) is 92.4 cm³/mol. The number of ether oxygens (including phenoxy) is 2. The van der Waals surface area contributed by atoms with Gasteiger partial charge in [0.15, 0.2) is 0 Å². The number of sulfonamides is 1. The summed E-state index contributed by atoms with van der Waals surface area (Å²) in [5, 5.41) is 0. The van der Waals surface area contributed by atoms with Crippen molar-refractivity contribution in [3.8, 4) is 11.5 Å². The number of benzene rings is 2. The summed E-state index contributed by atoms with van der Waals surface area (Å²) in [6, 6.07) is 13.9. The third kappa shape index (κ3) is 4.70. The molecule has 0 fully saturated rings. The zero-order valence-corrected chi connectivity index (χ0v) is 15.3. The Bertz CT molecular complexity index is 745. The van der Waals surface area contributed by atoms with Gasteiger partial charge >= 0.3 is 0 Å². The summed E-state index contributed by atoms with van der Waals surface area (Å²) in [6.07, 6.45) is 0. The molecule has 0 aromatic heterocycles. The first kappa shape index (κ1) is 17.8. The van der Waals surface area contributed by atoms with Crippen LogP contribution in [0.2, 0.25) is 0 Å². The average molecular weight is 400 g/mol. The van der Waals surface area contributed by atoms with Crippen LogP contribution in [0.25, 0.3) is 0 Å². The van der Waals surface area contributed by atoms with Crippen LogP contribution >= 0.6 is 15.9 Å². The lowest BCUT2D eigenvalue weighted by atomic mass is 10.3. The number of halogens is 1. The van der Waals surface area contributed by atoms with Crippen molar-refractivity contribution in [3.05, 3.63) is 53.0 Å². The molecule has 0 radical (unpaired) electrons. The van der Waals surface area contributed by atoms with Crippen LogP contribution in [-0.4, -0.2) is 40.0 Å². The van der Waals surface area contributed by atoms with E-state index in [4.69, 9.17) is 9.47 Å². The molecule has 0 N–H and O–H groups in total. The summed E-state index contributed by atoms with van der Waals surface area (Å²) in [5.41, 5.74) is 0. The van der Waals surface area contributed by atoms with Crippen LogP contribution in [0.1, 0.15) is 0 Å². The maximum Gasteiger partial charge on any atom is 0.242 e. The molecule has 0 saturated carbocycles. The summed E-state index contributed by atoms with van der Waals surface area (Å²) in [5.74, 6) is 1.35. The van der Waals surface area contributed by atoms with E-state index in [2.05, 4.69) is 15.9 Å². The van der Waals surface area contributed by atoms with Crippen molar-refractivity contribution in [3.63, 3.8) is 0 Å². The van der Waals surface area contributed by atoms with E-state index in [0.717, 1.165) is 10.2 Å². The summed E-state index contributed by atoms with van der Waals surface area (Å²) >= 11 is 3.40. The van der Waals surface area contributed by atoms with Gasteiger partial charge < -0.3 is 9.47 Å². The molecule has 0 atom stereocenters. The first-order valence-corrected chi connectivity index (χ1v) is 9.17. The fourth-order valence-corrected chi connectivity index (χ4v) is 3.09. The highest BCUT2D eigenvalue weighted by Gasteiger charge is 2.16. The van der Waals surface area contributed by atoms with Crippen LogP contribution in [0.4, 0.5) is 0 Å². The molecule has 0 aliphatic rings. The Kier molecular flexibility index (Phi) is 6.04. The molecule has 0 aliphatic heterocycles. The molecule has 0 aliphatic carbocycles. The SMILES string of the molecule is CN(C)S(=O)(=O)c1ccc(OCCOc2ccccc2Br)cc1. The second kappa shape index (κ2) is 7.81. The van der Waals surface area contributed by atoms with Gasteiger partial charge in [0.2, 0.25) is 10.0 Å². The predicted octanol–water partition coefficient (Wildman–Crippen LogP) is 3.16. The summed E-state index contributed by atoms with van der Waals surface area (Å²) < 4.78 is 37.1. The van der Waals surface area contributed by atoms with Gasteiger partial charge in [-0.05, 0) is 52.3 Å². The highest BCUT2D eigenvalue weighted by Crippen LogP contribution is 2.23. The molecule has 7 heteroatoms. The number of nitrogens with zero attached hydrogens (tertiary/aromatic N) is 1. The molecule has 5 nitrogen and oxygen atoms in total. The van der Waals surface area contributed by atoms with E-state index in [-0.39, 0.29) is 4.90 Å². The summed E-state index contributed by atoms with van der Waals surface area (Å²) in [4.78, 5) is 0.235. The maximum atomic E-state index is 12.0. The summed E-state index contributed by atoms with van der Waals surface area (Å²) in [6.45, 7) is 0.751. The van der Waals surface area contributed by atoms with Crippen LogP contribution in [0.5, 0.6) is 11.5 Å². The number of rotatable bonds is 7. The van der Waals surface area contributed by atoms with E-state index in [1.165, 1.54) is 30.5 Å². The molecule has 23 heavy (non-hydrogen) atoms. The maximum absolute atomic E-state index is 12.0. The van der Waals surface area contributed by atoms with Gasteiger partial charge in [-0.15, -0.1) is 0 Å². The Labute approximate surface area is 145 Å². The van der Waals surface area contributed by atoms with E-state index in [0.29, 0.717) is 19.0 Å². The van der Waals surface area contributed by atoms with E-state index in [1.807, 2.05) is 24.3 Å². The first-order valence-electron chi connectivity index (χ1n) is 6.94. The normalized spacial score (nSPS) is 11.5. The third-order valence-electron chi connectivity index (χ3n) is 3.05. The quantitative estimate of drug-likeness (QED) is 0.670. The molecule has 2 rings (SSSR count). The lowest BCUT2D eigenvalue weighted by molar-refractivity contribution is 0.216. The summed E-state index contributed by atoms with van der Waals surface area (Å²) in [7, 11) is -0.414. The molecular weight excluding hydrogens is 382 g/mol. The van der Waals surface area contributed by atoms with Gasteiger partial charge in [-0.3, -0.25) is 0 Å². The minimum Gasteiger partial charge on any atom is -0.490 e. The molecule has 0 amide bonds. The van der Waals surface area contributed by atoms with Gasteiger partial charge in [-0.25, -0.2) is 12.7 Å². The zero-order chi connectivity index (χ0) is 16.9. The Morgan fingerprint density at radius 1 is 0.957 bits per heavy atom. The largest absolute Gasteiger partial charge is 0.490 e. The Balaban J connectivity index is 1.86. The molecular formula is C16H18BrNO4S. The molecule has 2 aromatic carbocycles. The number of para-hydroxylation sites is 1. The van der Waals surface area contributed by atoms with Crippen molar-refractivity contribution < 1.29 is 17.9 Å². The molecule has 124 valence electrons. The van der Waals surface area contributed by atoms with Crippen molar-refractivity contribution in [1.82, 2.24) is 4.31 Å². The van der Waals surface area contributed by atoms with Crippen LogP contribution in [-0.2, 0) is 10.0 Å².